The highest BCUT2D eigenvalue weighted by molar-refractivity contribution is 6.15. The minimum Gasteiger partial charge on any atom is -0.494 e. The van der Waals surface area contributed by atoms with Crippen LogP contribution in [0, 0.1) is 6.92 Å². The molecule has 0 saturated heterocycles. The highest BCUT2D eigenvalue weighted by Gasteiger charge is 2.30. The molecule has 0 unspecified atom stereocenters. The number of rotatable bonds is 14. The highest BCUT2D eigenvalue weighted by Crippen LogP contribution is 2.50. The number of benzene rings is 11. The predicted octanol–water partition coefficient (Wildman–Crippen LogP) is 19.4. The molecule has 0 atom stereocenters. The van der Waals surface area contributed by atoms with Gasteiger partial charge in [-0.25, -0.2) is 0 Å². The molecule has 0 fully saturated rings. The summed E-state index contributed by atoms with van der Waals surface area (Å²) < 4.78 is 6.22. The van der Waals surface area contributed by atoms with Crippen LogP contribution in [0.3, 0.4) is 0 Å². The Morgan fingerprint density at radius 1 is 0.452 bits per heavy atom. The SMILES string of the molecule is CCc1ccccc1N(C)C(=O)c1cc2ccc3c(c2c(N=Nc2ccc(N(c4ccccc4)c4ccc(N=Nc5c(OC)c(C(=O)N(C)c6ccccc6CC)cc6ccc7c(c56)Cc5ccccc5-7)cc4)cc2)c1C)Cc1ccccc1-3. The van der Waals surface area contributed by atoms with E-state index >= 15 is 0 Å². The summed E-state index contributed by atoms with van der Waals surface area (Å²) in [5.74, 6) is 0.0670. The number of para-hydroxylation sites is 3. The number of ether oxygens (including phenoxy) is 1. The Hall–Kier alpha value is -10.3. The van der Waals surface area contributed by atoms with Gasteiger partial charge in [0.05, 0.1) is 29.7 Å². The lowest BCUT2D eigenvalue weighted by molar-refractivity contribution is 0.0983. The zero-order chi connectivity index (χ0) is 57.6. The molecule has 0 spiro atoms. The average Bonchev–Trinajstić information content (AvgIpc) is 4.30. The number of fused-ring (bicyclic) bond motifs is 10. The van der Waals surface area contributed by atoms with Crippen LogP contribution in [-0.4, -0.2) is 33.0 Å². The first-order valence-corrected chi connectivity index (χ1v) is 28.6. The zero-order valence-electron chi connectivity index (χ0n) is 47.9. The molecular weight excluding hydrogens is 1030 g/mol. The lowest BCUT2D eigenvalue weighted by Gasteiger charge is -2.25. The number of methoxy groups -OCH3 is 1. The summed E-state index contributed by atoms with van der Waals surface area (Å²) in [5.41, 5.74) is 20.5. The van der Waals surface area contributed by atoms with Gasteiger partial charge in [0.25, 0.3) is 11.8 Å². The number of carbonyl (C=O) groups is 2. The van der Waals surface area contributed by atoms with Gasteiger partial charge >= 0.3 is 0 Å². The molecule has 11 aromatic rings. The Bertz CT molecular complexity index is 4470. The molecule has 0 heterocycles. The third kappa shape index (κ3) is 9.35. The van der Waals surface area contributed by atoms with Crippen molar-refractivity contribution in [1.82, 2.24) is 0 Å². The molecule has 10 heteroatoms. The average molecular weight is 1100 g/mol. The second-order valence-electron chi connectivity index (χ2n) is 21.5. The number of nitrogens with zero attached hydrogens (tertiary/aromatic N) is 7. The van der Waals surface area contributed by atoms with Crippen LogP contribution < -0.4 is 19.4 Å². The zero-order valence-corrected chi connectivity index (χ0v) is 47.9. The van der Waals surface area contributed by atoms with E-state index in [1.54, 1.807) is 16.9 Å². The van der Waals surface area contributed by atoms with Gasteiger partial charge in [0, 0.05) is 58.9 Å². The topological polar surface area (TPSA) is 103 Å². The van der Waals surface area contributed by atoms with Gasteiger partial charge in [-0.2, -0.15) is 10.2 Å². The number of aryl methyl sites for hydroxylation is 2. The number of amides is 2. The maximum absolute atomic E-state index is 14.7. The lowest BCUT2D eigenvalue weighted by atomic mass is 9.92. The van der Waals surface area contributed by atoms with E-state index < -0.39 is 0 Å². The molecule has 2 aliphatic carbocycles. The van der Waals surface area contributed by atoms with Crippen LogP contribution in [-0.2, 0) is 25.7 Å². The number of carbonyl (C=O) groups excluding carboxylic acids is 2. The minimum atomic E-state index is -0.203. The van der Waals surface area contributed by atoms with Gasteiger partial charge < -0.3 is 19.4 Å². The molecular formula is C74H61N7O3. The Kier molecular flexibility index (Phi) is 14.0. The Labute approximate surface area is 489 Å². The molecule has 0 N–H and O–H groups in total. The van der Waals surface area contributed by atoms with Crippen molar-refractivity contribution in [3.05, 3.63) is 262 Å². The highest BCUT2D eigenvalue weighted by atomic mass is 16.5. The first-order chi connectivity index (χ1) is 41.1. The van der Waals surface area contributed by atoms with Crippen LogP contribution >= 0.6 is 0 Å². The van der Waals surface area contributed by atoms with Gasteiger partial charge in [0.2, 0.25) is 0 Å². The quantitative estimate of drug-likeness (QED) is 0.101. The molecule has 0 aromatic heterocycles. The van der Waals surface area contributed by atoms with Gasteiger partial charge in [0.1, 0.15) is 5.69 Å². The number of azo groups is 2. The molecule has 84 heavy (non-hydrogen) atoms. The first kappa shape index (κ1) is 53.0. The molecule has 13 rings (SSSR count). The Balaban J connectivity index is 0.844. The van der Waals surface area contributed by atoms with Gasteiger partial charge in [0.15, 0.2) is 5.75 Å². The van der Waals surface area contributed by atoms with Crippen molar-refractivity contribution >= 4 is 84.5 Å². The van der Waals surface area contributed by atoms with E-state index in [4.69, 9.17) is 25.2 Å². The molecule has 11 aromatic carbocycles. The predicted molar refractivity (Wildman–Crippen MR) is 342 cm³/mol. The fourth-order valence-corrected chi connectivity index (χ4v) is 12.5. The minimum absolute atomic E-state index is 0.100. The van der Waals surface area contributed by atoms with Crippen LogP contribution in [0.1, 0.15) is 73.5 Å². The van der Waals surface area contributed by atoms with E-state index in [-0.39, 0.29) is 11.8 Å². The largest absolute Gasteiger partial charge is 0.494 e. The van der Waals surface area contributed by atoms with Gasteiger partial charge in [-0.1, -0.05) is 141 Å². The lowest BCUT2D eigenvalue weighted by Crippen LogP contribution is -2.28. The summed E-state index contributed by atoms with van der Waals surface area (Å²) in [6.45, 7) is 6.19. The first-order valence-electron chi connectivity index (χ1n) is 28.6. The molecule has 10 nitrogen and oxygen atoms in total. The number of hydrogen-bond acceptors (Lipinski definition) is 8. The van der Waals surface area contributed by atoms with E-state index in [0.717, 1.165) is 103 Å². The third-order valence-corrected chi connectivity index (χ3v) is 16.8. The summed E-state index contributed by atoms with van der Waals surface area (Å²) in [6, 6.07) is 71.9. The van der Waals surface area contributed by atoms with Crippen molar-refractivity contribution in [3.63, 3.8) is 0 Å². The number of hydrogen-bond donors (Lipinski definition) is 0. The van der Waals surface area contributed by atoms with Gasteiger partial charge in [-0.3, -0.25) is 9.59 Å². The summed E-state index contributed by atoms with van der Waals surface area (Å²) in [4.78, 5) is 35.0. The van der Waals surface area contributed by atoms with E-state index in [9.17, 15) is 9.59 Å². The molecule has 0 aliphatic heterocycles. The summed E-state index contributed by atoms with van der Waals surface area (Å²) in [5, 5.41) is 23.7. The van der Waals surface area contributed by atoms with Crippen LogP contribution in [0.15, 0.2) is 233 Å². The number of anilines is 5. The third-order valence-electron chi connectivity index (χ3n) is 16.8. The van der Waals surface area contributed by atoms with Gasteiger partial charge in [-0.05, 0) is 190 Å². The van der Waals surface area contributed by atoms with Crippen molar-refractivity contribution < 1.29 is 14.3 Å². The van der Waals surface area contributed by atoms with E-state index in [1.165, 1.54) is 33.4 Å². The normalized spacial score (nSPS) is 12.2. The standard InChI is InChI=1S/C74H61N7O3/c1-7-47-20-14-18-28-66(47)79(4)73(82)62-44-51-30-40-60-58-26-16-12-22-49(58)42-63(60)68(51)70(46(62)3)77-75-53-32-36-56(37-33-53)81(55-24-10-9-11-25-55)57-38-34-54(35-39-57)76-78-71-69-52(31-41-61-59-27-17-13-23-50(59)43-64(61)69)45-65(72(71)84-6)74(83)80(5)67-29-19-15-21-48(67)8-2/h9-41,44-45H,7-8,42-43H2,1-6H3. The molecule has 2 amide bonds. The molecule has 410 valence electrons. The van der Waals surface area contributed by atoms with Crippen LogP contribution in [0.2, 0.25) is 0 Å². The van der Waals surface area contributed by atoms with Crippen LogP contribution in [0.5, 0.6) is 5.75 Å². The Morgan fingerprint density at radius 3 is 1.39 bits per heavy atom. The van der Waals surface area contributed by atoms with Crippen molar-refractivity contribution in [2.75, 3.05) is 35.9 Å². The van der Waals surface area contributed by atoms with Crippen molar-refractivity contribution in [2.45, 2.75) is 46.5 Å². The van der Waals surface area contributed by atoms with E-state index in [0.29, 0.717) is 39.6 Å². The van der Waals surface area contributed by atoms with Crippen molar-refractivity contribution in [2.24, 2.45) is 20.5 Å². The van der Waals surface area contributed by atoms with Crippen LogP contribution in [0.25, 0.3) is 43.8 Å². The van der Waals surface area contributed by atoms with E-state index in [1.807, 2.05) is 124 Å². The Morgan fingerprint density at radius 2 is 0.881 bits per heavy atom. The summed E-state index contributed by atoms with van der Waals surface area (Å²) in [7, 11) is 5.26. The molecule has 2 aliphatic rings. The smallest absolute Gasteiger partial charge is 0.261 e. The van der Waals surface area contributed by atoms with E-state index in [2.05, 4.69) is 128 Å². The maximum Gasteiger partial charge on any atom is 0.261 e. The second kappa shape index (κ2) is 22.2. The summed E-state index contributed by atoms with van der Waals surface area (Å²) in [6.07, 6.45) is 3.07. The second-order valence-corrected chi connectivity index (χ2v) is 21.5. The fourth-order valence-electron chi connectivity index (χ4n) is 12.5. The maximum atomic E-state index is 14.7. The summed E-state index contributed by atoms with van der Waals surface area (Å²) >= 11 is 0. The van der Waals surface area contributed by atoms with Crippen LogP contribution in [0.4, 0.5) is 51.2 Å². The fraction of sp³-hybridized carbons (Fsp3) is 0.135. The monoisotopic (exact) mass is 1100 g/mol. The molecule has 0 saturated carbocycles. The van der Waals surface area contributed by atoms with Crippen molar-refractivity contribution in [1.29, 1.82) is 0 Å². The molecule has 0 radical (unpaired) electrons. The molecule has 0 bridgehead atoms. The van der Waals surface area contributed by atoms with Crippen molar-refractivity contribution in [3.8, 4) is 28.0 Å². The van der Waals surface area contributed by atoms with Gasteiger partial charge in [-0.15, -0.1) is 10.2 Å².